The fourth-order valence-electron chi connectivity index (χ4n) is 2.50. The van der Waals surface area contributed by atoms with Crippen molar-refractivity contribution in [1.82, 2.24) is 14.8 Å². The van der Waals surface area contributed by atoms with Gasteiger partial charge in [-0.3, -0.25) is 0 Å². The Hall–Kier alpha value is -2.52. The summed E-state index contributed by atoms with van der Waals surface area (Å²) in [6, 6.07) is 11.0. The van der Waals surface area contributed by atoms with Crippen molar-refractivity contribution >= 4 is 23.1 Å². The number of rotatable bonds is 5. The topological polar surface area (TPSA) is 43.9 Å². The van der Waals surface area contributed by atoms with Gasteiger partial charge < -0.3 is 8.98 Å². The van der Waals surface area contributed by atoms with Gasteiger partial charge >= 0.3 is 6.18 Å². The number of hydrogen-bond acceptors (Lipinski definition) is 5. The third kappa shape index (κ3) is 3.93. The normalized spacial score (nSPS) is 11.8. The number of benzene rings is 1. The van der Waals surface area contributed by atoms with E-state index in [1.54, 1.807) is 6.07 Å². The highest BCUT2D eigenvalue weighted by atomic mass is 32.2. The van der Waals surface area contributed by atoms with E-state index in [1.807, 2.05) is 40.5 Å². The van der Waals surface area contributed by atoms with Crippen LogP contribution in [0.3, 0.4) is 0 Å². The molecule has 3 aromatic heterocycles. The monoisotopic (exact) mass is 407 g/mol. The molecule has 0 fully saturated rings. The Balaban J connectivity index is 1.49. The minimum atomic E-state index is -4.35. The van der Waals surface area contributed by atoms with Gasteiger partial charge in [-0.25, -0.2) is 0 Å². The van der Waals surface area contributed by atoms with Crippen molar-refractivity contribution in [3.8, 4) is 16.5 Å². The number of halogens is 3. The summed E-state index contributed by atoms with van der Waals surface area (Å²) in [4.78, 5) is 0.838. The Morgan fingerprint density at radius 2 is 1.89 bits per heavy atom. The fourth-order valence-corrected chi connectivity index (χ4v) is 4.02. The Kier molecular flexibility index (Phi) is 4.79. The SMILES string of the molecule is FC(F)(F)c1cccc(CSc2nnc(-c3sccc3-n3cccc3)o2)c1. The molecule has 0 saturated heterocycles. The lowest BCUT2D eigenvalue weighted by Gasteiger charge is -2.07. The Morgan fingerprint density at radius 1 is 1.07 bits per heavy atom. The maximum absolute atomic E-state index is 12.8. The summed E-state index contributed by atoms with van der Waals surface area (Å²) in [7, 11) is 0. The van der Waals surface area contributed by atoms with Crippen LogP contribution in [0.2, 0.25) is 0 Å². The second kappa shape index (κ2) is 7.24. The number of aromatic nitrogens is 3. The summed E-state index contributed by atoms with van der Waals surface area (Å²) in [6.07, 6.45) is -0.511. The van der Waals surface area contributed by atoms with Gasteiger partial charge in [0.15, 0.2) is 0 Å². The molecule has 1 aromatic carbocycles. The van der Waals surface area contributed by atoms with E-state index >= 15 is 0 Å². The molecule has 0 amide bonds. The predicted octanol–water partition coefficient (Wildman–Crippen LogP) is 5.90. The standard InChI is InChI=1S/C18H12F3N3OS2/c19-18(20,21)13-5-3-4-12(10-13)11-27-17-23-22-16(25-17)15-14(6-9-26-15)24-7-1-2-8-24/h1-10H,11H2. The van der Waals surface area contributed by atoms with Crippen LogP contribution in [-0.2, 0) is 11.9 Å². The summed E-state index contributed by atoms with van der Waals surface area (Å²) in [5, 5.41) is 10.3. The first-order chi connectivity index (χ1) is 13.0. The third-order valence-corrected chi connectivity index (χ3v) is 5.53. The highest BCUT2D eigenvalue weighted by Gasteiger charge is 2.30. The van der Waals surface area contributed by atoms with E-state index in [0.717, 1.165) is 22.7 Å². The molecule has 3 heterocycles. The maximum atomic E-state index is 12.8. The van der Waals surface area contributed by atoms with Crippen molar-refractivity contribution in [3.63, 3.8) is 0 Å². The lowest BCUT2D eigenvalue weighted by Crippen LogP contribution is -2.04. The van der Waals surface area contributed by atoms with Crippen LogP contribution in [-0.4, -0.2) is 14.8 Å². The molecule has 0 N–H and O–H groups in total. The lowest BCUT2D eigenvalue weighted by atomic mass is 10.1. The molecule has 4 aromatic rings. The molecule has 0 bridgehead atoms. The largest absolute Gasteiger partial charge is 0.416 e. The molecule has 4 rings (SSSR count). The first-order valence-corrected chi connectivity index (χ1v) is 9.71. The van der Waals surface area contributed by atoms with E-state index in [9.17, 15) is 13.2 Å². The Morgan fingerprint density at radius 3 is 2.67 bits per heavy atom. The van der Waals surface area contributed by atoms with Gasteiger partial charge in [0.25, 0.3) is 11.1 Å². The van der Waals surface area contributed by atoms with Crippen molar-refractivity contribution in [2.45, 2.75) is 17.2 Å². The zero-order valence-electron chi connectivity index (χ0n) is 13.7. The quantitative estimate of drug-likeness (QED) is 0.386. The second-order valence-corrected chi connectivity index (χ2v) is 7.43. The van der Waals surface area contributed by atoms with E-state index in [2.05, 4.69) is 10.2 Å². The molecule has 27 heavy (non-hydrogen) atoms. The number of alkyl halides is 3. The van der Waals surface area contributed by atoms with Gasteiger partial charge in [0.2, 0.25) is 0 Å². The summed E-state index contributed by atoms with van der Waals surface area (Å²) in [5.41, 5.74) is 0.809. The number of thioether (sulfide) groups is 1. The lowest BCUT2D eigenvalue weighted by molar-refractivity contribution is -0.137. The maximum Gasteiger partial charge on any atom is 0.416 e. The van der Waals surface area contributed by atoms with Crippen molar-refractivity contribution in [1.29, 1.82) is 0 Å². The van der Waals surface area contributed by atoms with Crippen LogP contribution in [0, 0.1) is 0 Å². The second-order valence-electron chi connectivity index (χ2n) is 5.59. The minimum absolute atomic E-state index is 0.306. The van der Waals surface area contributed by atoms with Crippen LogP contribution in [0.1, 0.15) is 11.1 Å². The molecule has 4 nitrogen and oxygen atoms in total. The van der Waals surface area contributed by atoms with Crippen molar-refractivity contribution in [3.05, 3.63) is 71.4 Å². The van der Waals surface area contributed by atoms with Crippen molar-refractivity contribution < 1.29 is 17.6 Å². The van der Waals surface area contributed by atoms with Gasteiger partial charge in [0.1, 0.15) is 4.88 Å². The van der Waals surface area contributed by atoms with Crippen LogP contribution < -0.4 is 0 Å². The van der Waals surface area contributed by atoms with E-state index in [-0.39, 0.29) is 0 Å². The van der Waals surface area contributed by atoms with E-state index in [4.69, 9.17) is 4.42 Å². The molecule has 0 aliphatic rings. The first-order valence-electron chi connectivity index (χ1n) is 7.84. The van der Waals surface area contributed by atoms with Crippen LogP contribution in [0.5, 0.6) is 0 Å². The molecule has 0 unspecified atom stereocenters. The van der Waals surface area contributed by atoms with Crippen LogP contribution in [0.15, 0.2) is 69.9 Å². The summed E-state index contributed by atoms with van der Waals surface area (Å²) >= 11 is 2.69. The molecule has 0 aliphatic carbocycles. The van der Waals surface area contributed by atoms with E-state index in [1.165, 1.54) is 29.2 Å². The predicted molar refractivity (Wildman–Crippen MR) is 97.9 cm³/mol. The molecular weight excluding hydrogens is 395 g/mol. The third-order valence-electron chi connectivity index (χ3n) is 3.74. The fraction of sp³-hybridized carbons (Fsp3) is 0.111. The van der Waals surface area contributed by atoms with Gasteiger partial charge in [0.05, 0.1) is 11.3 Å². The zero-order valence-corrected chi connectivity index (χ0v) is 15.3. The molecule has 0 aliphatic heterocycles. The van der Waals surface area contributed by atoms with Gasteiger partial charge in [-0.1, -0.05) is 30.0 Å². The van der Waals surface area contributed by atoms with Gasteiger partial charge in [-0.05, 0) is 35.2 Å². The van der Waals surface area contributed by atoms with Crippen LogP contribution in [0.4, 0.5) is 13.2 Å². The van der Waals surface area contributed by atoms with Crippen LogP contribution >= 0.6 is 23.1 Å². The molecule has 138 valence electrons. The van der Waals surface area contributed by atoms with E-state index in [0.29, 0.717) is 22.4 Å². The summed E-state index contributed by atoms with van der Waals surface area (Å²) in [5.74, 6) is 0.695. The first kappa shape index (κ1) is 17.9. The van der Waals surface area contributed by atoms with Gasteiger partial charge in [-0.15, -0.1) is 21.5 Å². The zero-order chi connectivity index (χ0) is 18.9. The molecule has 0 radical (unpaired) electrons. The number of nitrogens with zero attached hydrogens (tertiary/aromatic N) is 3. The van der Waals surface area contributed by atoms with E-state index < -0.39 is 11.7 Å². The molecule has 9 heteroatoms. The molecule has 0 spiro atoms. The minimum Gasteiger partial charge on any atom is -0.410 e. The average molecular weight is 407 g/mol. The van der Waals surface area contributed by atoms with Gasteiger partial charge in [-0.2, -0.15) is 13.2 Å². The average Bonchev–Trinajstić information content (AvgIpc) is 3.39. The summed E-state index contributed by atoms with van der Waals surface area (Å²) < 4.78 is 46.0. The number of thiophene rings is 1. The Labute approximate surface area is 160 Å². The number of hydrogen-bond donors (Lipinski definition) is 0. The highest BCUT2D eigenvalue weighted by molar-refractivity contribution is 7.98. The molecule has 0 saturated carbocycles. The van der Waals surface area contributed by atoms with Gasteiger partial charge in [0, 0.05) is 18.1 Å². The van der Waals surface area contributed by atoms with Crippen LogP contribution in [0.25, 0.3) is 16.5 Å². The molecular formula is C18H12F3N3OS2. The molecule has 0 atom stereocenters. The smallest absolute Gasteiger partial charge is 0.410 e. The Bertz CT molecular complexity index is 1040. The highest BCUT2D eigenvalue weighted by Crippen LogP contribution is 2.34. The van der Waals surface area contributed by atoms with Crippen molar-refractivity contribution in [2.24, 2.45) is 0 Å². The summed E-state index contributed by atoms with van der Waals surface area (Å²) in [6.45, 7) is 0. The van der Waals surface area contributed by atoms with Crippen molar-refractivity contribution in [2.75, 3.05) is 0 Å².